The number of imidazole rings is 1. The highest BCUT2D eigenvalue weighted by atomic mass is 19.4. The van der Waals surface area contributed by atoms with Crippen LogP contribution < -0.4 is 4.74 Å². The summed E-state index contributed by atoms with van der Waals surface area (Å²) in [6.45, 7) is 2.33. The number of alkyl halides is 3. The van der Waals surface area contributed by atoms with E-state index >= 15 is 0 Å². The van der Waals surface area contributed by atoms with E-state index in [0.717, 1.165) is 45.1 Å². The van der Waals surface area contributed by atoms with Gasteiger partial charge in [-0.25, -0.2) is 15.0 Å². The van der Waals surface area contributed by atoms with Crippen LogP contribution in [0.15, 0.2) is 43.0 Å². The predicted octanol–water partition coefficient (Wildman–Crippen LogP) is 4.30. The molecule has 4 heterocycles. The van der Waals surface area contributed by atoms with Crippen LogP contribution in [-0.2, 0) is 0 Å². The van der Waals surface area contributed by atoms with Crippen LogP contribution in [0.5, 0.6) is 5.75 Å². The van der Waals surface area contributed by atoms with Crippen molar-refractivity contribution in [1.82, 2.24) is 29.3 Å². The summed E-state index contributed by atoms with van der Waals surface area (Å²) in [5.41, 5.74) is 2.10. The third kappa shape index (κ3) is 5.42. The first kappa shape index (κ1) is 26.7. The maximum absolute atomic E-state index is 14.2. The molecule has 3 fully saturated rings. The molecule has 0 unspecified atom stereocenters. The number of ether oxygens (including phenoxy) is 1. The van der Waals surface area contributed by atoms with Crippen molar-refractivity contribution in [2.75, 3.05) is 26.2 Å². The molecule has 2 saturated heterocycles. The summed E-state index contributed by atoms with van der Waals surface area (Å²) in [4.78, 5) is 31.6. The Hall–Kier alpha value is -3.51. The van der Waals surface area contributed by atoms with Gasteiger partial charge in [-0.2, -0.15) is 0 Å². The number of aromatic nitrogens is 4. The highest BCUT2D eigenvalue weighted by molar-refractivity contribution is 5.99. The largest absolute Gasteiger partial charge is 0.573 e. The van der Waals surface area contributed by atoms with Crippen molar-refractivity contribution >= 4 is 5.91 Å². The molecule has 1 atom stereocenters. The minimum atomic E-state index is -4.78. The summed E-state index contributed by atoms with van der Waals surface area (Å²) < 4.78 is 44.1. The van der Waals surface area contributed by atoms with Gasteiger partial charge < -0.3 is 19.3 Å². The summed E-state index contributed by atoms with van der Waals surface area (Å²) in [5, 5.41) is 9.76. The smallest absolute Gasteiger partial charge is 0.406 e. The number of aliphatic hydroxyl groups is 1. The van der Waals surface area contributed by atoms with Crippen LogP contribution >= 0.6 is 0 Å². The van der Waals surface area contributed by atoms with Gasteiger partial charge in [-0.15, -0.1) is 13.2 Å². The number of hydrogen-bond donors (Lipinski definition) is 1. The van der Waals surface area contributed by atoms with Crippen LogP contribution in [0.1, 0.15) is 55.1 Å². The van der Waals surface area contributed by atoms with Gasteiger partial charge in [-0.1, -0.05) is 0 Å². The number of piperidine rings is 1. The zero-order valence-corrected chi connectivity index (χ0v) is 21.9. The second-order valence-corrected chi connectivity index (χ2v) is 10.7. The van der Waals surface area contributed by atoms with E-state index in [1.807, 2.05) is 9.47 Å². The molecule has 9 nitrogen and oxygen atoms in total. The number of carbonyl (C=O) groups excluding carboxylic acids is 1. The summed E-state index contributed by atoms with van der Waals surface area (Å²) >= 11 is 0. The van der Waals surface area contributed by atoms with Gasteiger partial charge in [-0.05, 0) is 69.3 Å². The van der Waals surface area contributed by atoms with Crippen LogP contribution in [0.2, 0.25) is 0 Å². The standard InChI is InChI=1S/C28H31F3N6O3/c29-28(30,31)40-23-7-3-18(4-8-23)26-34-24(19-14-32-17-33-15-19)25(37(26)21-5-6-21)27(39)35-12-9-20(10-13-35)36-11-1-2-22(36)16-38/h3-4,7-8,14-15,17,20-22,38H,1-2,5-6,9-13,16H2/t22-/m0/s1. The number of nitrogens with zero attached hydrogens (tertiary/aromatic N) is 6. The van der Waals surface area contributed by atoms with Crippen molar-refractivity contribution in [3.63, 3.8) is 0 Å². The van der Waals surface area contributed by atoms with Crippen LogP contribution in [0.25, 0.3) is 22.6 Å². The highest BCUT2D eigenvalue weighted by Crippen LogP contribution is 2.43. The molecule has 2 aromatic heterocycles. The van der Waals surface area contributed by atoms with Gasteiger partial charge in [0, 0.05) is 54.7 Å². The van der Waals surface area contributed by atoms with Crippen molar-refractivity contribution in [3.8, 4) is 28.4 Å². The van der Waals surface area contributed by atoms with Crippen LogP contribution in [0.3, 0.4) is 0 Å². The summed E-state index contributed by atoms with van der Waals surface area (Å²) in [5.74, 6) is 0.0687. The molecule has 0 spiro atoms. The lowest BCUT2D eigenvalue weighted by atomic mass is 10.0. The second-order valence-electron chi connectivity index (χ2n) is 10.7. The number of halogens is 3. The number of carbonyl (C=O) groups is 1. The third-order valence-electron chi connectivity index (χ3n) is 8.06. The lowest BCUT2D eigenvalue weighted by Gasteiger charge is -2.39. The number of likely N-dealkylation sites (tertiary alicyclic amines) is 2. The number of hydrogen-bond acceptors (Lipinski definition) is 7. The van der Waals surface area contributed by atoms with Gasteiger partial charge in [0.2, 0.25) is 0 Å². The molecule has 1 N–H and O–H groups in total. The van der Waals surface area contributed by atoms with Gasteiger partial charge >= 0.3 is 6.36 Å². The fraction of sp³-hybridized carbons (Fsp3) is 0.500. The third-order valence-corrected chi connectivity index (χ3v) is 8.06. The van der Waals surface area contributed by atoms with E-state index in [9.17, 15) is 23.1 Å². The predicted molar refractivity (Wildman–Crippen MR) is 139 cm³/mol. The van der Waals surface area contributed by atoms with Gasteiger partial charge in [-0.3, -0.25) is 9.69 Å². The van der Waals surface area contributed by atoms with Crippen LogP contribution in [0.4, 0.5) is 13.2 Å². The molecule has 212 valence electrons. The van der Waals surface area contributed by atoms with E-state index in [1.54, 1.807) is 12.4 Å². The molecule has 2 aliphatic heterocycles. The molecule has 1 saturated carbocycles. The maximum atomic E-state index is 14.2. The molecular formula is C28H31F3N6O3. The van der Waals surface area contributed by atoms with Gasteiger partial charge in [0.25, 0.3) is 5.91 Å². The Morgan fingerprint density at radius 3 is 2.27 bits per heavy atom. The van der Waals surface area contributed by atoms with Crippen LogP contribution in [-0.4, -0.2) is 85.0 Å². The van der Waals surface area contributed by atoms with Crippen molar-refractivity contribution < 1.29 is 27.8 Å². The molecule has 1 aliphatic carbocycles. The Balaban J connectivity index is 1.33. The number of aliphatic hydroxyl groups excluding tert-OH is 1. The molecule has 3 aliphatic rings. The molecule has 3 aromatic rings. The Labute approximate surface area is 229 Å². The highest BCUT2D eigenvalue weighted by Gasteiger charge is 2.38. The summed E-state index contributed by atoms with van der Waals surface area (Å²) in [6.07, 6.45) is 5.36. The molecule has 1 amide bonds. The number of rotatable bonds is 7. The zero-order valence-electron chi connectivity index (χ0n) is 21.9. The van der Waals surface area contributed by atoms with Crippen molar-refractivity contribution in [2.24, 2.45) is 0 Å². The Kier molecular flexibility index (Phi) is 7.22. The lowest BCUT2D eigenvalue weighted by Crippen LogP contribution is -2.49. The molecular weight excluding hydrogens is 525 g/mol. The lowest BCUT2D eigenvalue weighted by molar-refractivity contribution is -0.274. The minimum Gasteiger partial charge on any atom is -0.406 e. The average molecular weight is 557 g/mol. The summed E-state index contributed by atoms with van der Waals surface area (Å²) in [7, 11) is 0. The Morgan fingerprint density at radius 1 is 0.950 bits per heavy atom. The van der Waals surface area contributed by atoms with E-state index in [4.69, 9.17) is 4.98 Å². The summed E-state index contributed by atoms with van der Waals surface area (Å²) in [6, 6.07) is 6.17. The van der Waals surface area contributed by atoms with E-state index in [2.05, 4.69) is 19.6 Å². The van der Waals surface area contributed by atoms with Gasteiger partial charge in [0.1, 0.15) is 29.3 Å². The Bertz CT molecular complexity index is 1340. The van der Waals surface area contributed by atoms with E-state index in [0.29, 0.717) is 47.5 Å². The second kappa shape index (κ2) is 10.8. The normalized spacial score (nSPS) is 20.7. The molecule has 0 radical (unpaired) electrons. The first-order valence-electron chi connectivity index (χ1n) is 13.7. The van der Waals surface area contributed by atoms with Crippen molar-refractivity contribution in [3.05, 3.63) is 48.7 Å². The Morgan fingerprint density at radius 2 is 1.65 bits per heavy atom. The fourth-order valence-electron chi connectivity index (χ4n) is 6.04. The average Bonchev–Trinajstić information content (AvgIpc) is 3.54. The molecule has 6 rings (SSSR count). The van der Waals surface area contributed by atoms with Crippen LogP contribution in [0, 0.1) is 0 Å². The molecule has 12 heteroatoms. The fourth-order valence-corrected chi connectivity index (χ4v) is 6.04. The quantitative estimate of drug-likeness (QED) is 0.464. The van der Waals surface area contributed by atoms with E-state index in [-0.39, 0.29) is 30.3 Å². The number of amides is 1. The minimum absolute atomic E-state index is 0.0679. The monoisotopic (exact) mass is 556 g/mol. The SMILES string of the molecule is O=C(c1c(-c2cncnc2)nc(-c2ccc(OC(F)(F)F)cc2)n1C1CC1)N1CCC(N2CCC[C@H]2CO)CC1. The van der Waals surface area contributed by atoms with Gasteiger partial charge in [0.05, 0.1) is 6.61 Å². The first-order chi connectivity index (χ1) is 19.3. The van der Waals surface area contributed by atoms with Crippen molar-refractivity contribution in [1.29, 1.82) is 0 Å². The maximum Gasteiger partial charge on any atom is 0.573 e. The van der Waals surface area contributed by atoms with Gasteiger partial charge in [0.15, 0.2) is 0 Å². The molecule has 1 aromatic carbocycles. The van der Waals surface area contributed by atoms with Crippen molar-refractivity contribution in [2.45, 2.75) is 63.0 Å². The van der Waals surface area contributed by atoms with E-state index < -0.39 is 6.36 Å². The number of benzene rings is 1. The zero-order chi connectivity index (χ0) is 27.9. The molecule has 40 heavy (non-hydrogen) atoms. The van der Waals surface area contributed by atoms with E-state index in [1.165, 1.54) is 30.6 Å². The topological polar surface area (TPSA) is 96.6 Å². The molecule has 0 bridgehead atoms. The first-order valence-corrected chi connectivity index (χ1v) is 13.7.